The lowest BCUT2D eigenvalue weighted by atomic mass is 9.93. The number of esters is 4. The van der Waals surface area contributed by atoms with Crippen molar-refractivity contribution in [3.05, 3.63) is 11.8 Å². The predicted molar refractivity (Wildman–Crippen MR) is 329 cm³/mol. The van der Waals surface area contributed by atoms with Crippen LogP contribution in [0.15, 0.2) is 10.6 Å². The minimum Gasteiger partial charge on any atom is -0.480 e. The summed E-state index contributed by atoms with van der Waals surface area (Å²) in [4.78, 5) is 78.9. The van der Waals surface area contributed by atoms with E-state index in [1.807, 2.05) is 20.8 Å². The predicted octanol–water partition coefficient (Wildman–Crippen LogP) is 6.00. The summed E-state index contributed by atoms with van der Waals surface area (Å²) in [5.41, 5.74) is -0.241. The molecule has 1 aromatic heterocycles. The van der Waals surface area contributed by atoms with Crippen molar-refractivity contribution in [1.29, 1.82) is 0 Å². The highest BCUT2D eigenvalue weighted by molar-refractivity contribution is 9.10. The lowest BCUT2D eigenvalue weighted by Gasteiger charge is -2.36. The summed E-state index contributed by atoms with van der Waals surface area (Å²) in [6.07, 6.45) is 3.56. The zero-order chi connectivity index (χ0) is 66.8. The number of ether oxygens (including phenoxy) is 4. The molecule has 1 amide bonds. The van der Waals surface area contributed by atoms with Crippen LogP contribution in [0.25, 0.3) is 0 Å². The van der Waals surface area contributed by atoms with E-state index in [4.69, 9.17) is 28.6 Å². The van der Waals surface area contributed by atoms with Crippen molar-refractivity contribution in [1.82, 2.24) is 22.4 Å². The summed E-state index contributed by atoms with van der Waals surface area (Å²) in [5, 5.41) is 15.0. The van der Waals surface area contributed by atoms with Crippen LogP contribution in [-0.2, 0) is 99.0 Å². The molecule has 26 nitrogen and oxygen atoms in total. The van der Waals surface area contributed by atoms with Crippen LogP contribution in [0, 0.1) is 0 Å². The van der Waals surface area contributed by atoms with Crippen LogP contribution < -0.4 is 5.32 Å². The van der Waals surface area contributed by atoms with Crippen LogP contribution in [0.3, 0.4) is 0 Å². The molecule has 1 aromatic rings. The van der Waals surface area contributed by atoms with Gasteiger partial charge in [0.05, 0.1) is 26.4 Å². The number of carbonyl (C=O) groups excluding carboxylic acids is 6. The fraction of sp³-hybridized carbons (Fsp3) is 0.811. The van der Waals surface area contributed by atoms with Gasteiger partial charge in [-0.1, -0.05) is 53.6 Å². The number of sulfonamides is 3. The van der Waals surface area contributed by atoms with Crippen molar-refractivity contribution in [2.75, 3.05) is 84.1 Å². The number of aliphatic carboxylic acids is 1. The molecule has 0 aliphatic carbocycles. The number of rotatable bonds is 20. The first-order valence-corrected chi connectivity index (χ1v) is 34.8. The first kappa shape index (κ1) is 81.4. The van der Waals surface area contributed by atoms with Gasteiger partial charge in [-0.15, -0.1) is 0 Å². The second-order valence-electron chi connectivity index (χ2n) is 23.4. The van der Waals surface area contributed by atoms with Gasteiger partial charge in [-0.2, -0.15) is 0 Å². The van der Waals surface area contributed by atoms with Crippen molar-refractivity contribution in [3.8, 4) is 0 Å². The summed E-state index contributed by atoms with van der Waals surface area (Å²) >= 11 is 4.16. The molecule has 85 heavy (non-hydrogen) atoms. The number of anilines is 1. The monoisotopic (exact) mass is 1370 g/mol. The fourth-order valence-electron chi connectivity index (χ4n) is 6.30. The van der Waals surface area contributed by atoms with Crippen molar-refractivity contribution in [2.24, 2.45) is 0 Å². The standard InChI is InChI=1S/C14H23N3O4S.C9H17NO4S.C9H17NO3S.C8H14O3S.C7H13NO4S.C6H11BrO2/c1-13(2,3)10-9-11(16-21-10)15-12(18)14(4,5)22(19,20)17-7-6-8-17;1-4-14-8(11)9(2,3)15(12,13)10-6-5-7-10;1-4-13-8(11)9(2,3)14(12)10-6-5-7-10;1-5-11-7(10)8(3,4)12-6(2)9;1-7(2,6(9)10)13(11,12)8-4-3-5-8;1-4-9-5(8)6(2,3)7/h9H,6-8H2,1-5H3,(H,15,16,18);4-7H2,1-3H3;4-7H2,1-3H3;5H2,1-4H3;3-5H2,1-2H3,(H,9,10);4H2,1-3H3. The fourth-order valence-corrected chi connectivity index (χ4v) is 13.6. The SMILES string of the molecule is CC(C)(C(=O)O)S(=O)(=O)N1CCC1.CC(C)(C)c1cc(NC(=O)C(C)(C)S(=O)(=O)N2CCC2)no1.CCOC(=O)C(C)(C)Br.CCOC(=O)C(C)(C)S(=O)(=O)N1CCC1.CCOC(=O)C(C)(C)S(=O)N1CCC1.CCOC(=O)C(C)(C)SC(C)=O. The lowest BCUT2D eigenvalue weighted by molar-refractivity contribution is -0.146. The highest BCUT2D eigenvalue weighted by Crippen LogP contribution is 2.31. The Hall–Kier alpha value is -3.63. The van der Waals surface area contributed by atoms with Crippen molar-refractivity contribution >= 4 is 115 Å². The molecule has 2 N–H and O–H groups in total. The summed E-state index contributed by atoms with van der Waals surface area (Å²) < 4.78 is 107. The van der Waals surface area contributed by atoms with Gasteiger partial charge in [-0.25, -0.2) is 46.7 Å². The zero-order valence-electron chi connectivity index (χ0n) is 53.3. The molecule has 0 radical (unpaired) electrons. The number of hydrogen-bond acceptors (Lipinski definition) is 21. The highest BCUT2D eigenvalue weighted by atomic mass is 79.9. The van der Waals surface area contributed by atoms with E-state index in [0.717, 1.165) is 50.5 Å². The highest BCUT2D eigenvalue weighted by Gasteiger charge is 2.50. The third-order valence-corrected chi connectivity index (χ3v) is 23.6. The van der Waals surface area contributed by atoms with E-state index in [1.165, 1.54) is 61.4 Å². The number of carbonyl (C=O) groups is 7. The number of hydrogen-bond donors (Lipinski definition) is 2. The zero-order valence-corrected chi connectivity index (χ0v) is 58.9. The number of carboxylic acid groups (broad SMARTS) is 1. The Labute approximate surface area is 519 Å². The van der Waals surface area contributed by atoms with Gasteiger partial charge in [0, 0.05) is 70.8 Å². The van der Waals surface area contributed by atoms with E-state index in [0.29, 0.717) is 64.8 Å². The van der Waals surface area contributed by atoms with Gasteiger partial charge in [0.15, 0.2) is 29.9 Å². The van der Waals surface area contributed by atoms with Crippen LogP contribution in [0.5, 0.6) is 0 Å². The molecule has 1 atom stereocenters. The smallest absolute Gasteiger partial charge is 0.328 e. The number of alkyl halides is 1. The maximum atomic E-state index is 12.5. The molecule has 0 aromatic carbocycles. The molecule has 32 heteroatoms. The molecular formula is C53H95BrN6O20S5. The number of aromatic nitrogens is 1. The average Bonchev–Trinajstić information content (AvgIpc) is 3.76. The Kier molecular flexibility index (Phi) is 31.8. The molecule has 494 valence electrons. The van der Waals surface area contributed by atoms with E-state index in [-0.39, 0.29) is 40.9 Å². The Balaban J connectivity index is 0.00000102. The molecule has 0 saturated carbocycles. The third kappa shape index (κ3) is 22.7. The van der Waals surface area contributed by atoms with Gasteiger partial charge in [0.25, 0.3) is 0 Å². The minimum absolute atomic E-state index is 0.0759. The van der Waals surface area contributed by atoms with E-state index < -0.39 is 87.0 Å². The number of carboxylic acids is 1. The Morgan fingerprint density at radius 2 is 0.941 bits per heavy atom. The summed E-state index contributed by atoms with van der Waals surface area (Å²) in [6.45, 7) is 38.2. The molecule has 0 bridgehead atoms. The summed E-state index contributed by atoms with van der Waals surface area (Å²) in [7, 11) is -12.2. The van der Waals surface area contributed by atoms with E-state index in [2.05, 4.69) is 26.4 Å². The molecule has 5 rings (SSSR count). The van der Waals surface area contributed by atoms with E-state index >= 15 is 0 Å². The third-order valence-electron chi connectivity index (χ3n) is 12.9. The van der Waals surface area contributed by atoms with E-state index in [1.54, 1.807) is 79.6 Å². The number of nitrogens with one attached hydrogen (secondary N) is 1. The van der Waals surface area contributed by atoms with Crippen LogP contribution in [0.2, 0.25) is 0 Å². The summed E-state index contributed by atoms with van der Waals surface area (Å²) in [6, 6.07) is 1.62. The van der Waals surface area contributed by atoms with Crippen molar-refractivity contribution in [3.63, 3.8) is 0 Å². The van der Waals surface area contributed by atoms with Crippen molar-refractivity contribution in [2.45, 2.75) is 198 Å². The maximum absolute atomic E-state index is 12.5. The van der Waals surface area contributed by atoms with Gasteiger partial charge in [-0.3, -0.25) is 33.6 Å². The second kappa shape index (κ2) is 33.3. The molecule has 0 spiro atoms. The largest absolute Gasteiger partial charge is 0.480 e. The molecular weight excluding hydrogens is 1280 g/mol. The van der Waals surface area contributed by atoms with Gasteiger partial charge in [0.1, 0.15) is 25.8 Å². The molecule has 4 fully saturated rings. The molecule has 4 saturated heterocycles. The van der Waals surface area contributed by atoms with Gasteiger partial charge >= 0.3 is 29.8 Å². The first-order valence-electron chi connectivity index (χ1n) is 27.7. The van der Waals surface area contributed by atoms with Gasteiger partial charge in [-0.05, 0) is 136 Å². The molecule has 1 unspecified atom stereocenters. The normalized spacial score (nSPS) is 16.7. The minimum atomic E-state index is -3.68. The quantitative estimate of drug-likeness (QED) is 0.0858. The van der Waals surface area contributed by atoms with Crippen LogP contribution >= 0.6 is 27.7 Å². The number of amides is 1. The molecule has 4 aliphatic heterocycles. The number of thioether (sulfide) groups is 1. The van der Waals surface area contributed by atoms with Gasteiger partial charge in [0.2, 0.25) is 36.0 Å². The Bertz CT molecular complexity index is 2790. The Morgan fingerprint density at radius 3 is 1.24 bits per heavy atom. The first-order chi connectivity index (χ1) is 38.5. The Morgan fingerprint density at radius 1 is 0.588 bits per heavy atom. The van der Waals surface area contributed by atoms with Crippen molar-refractivity contribution < 1.29 is 91.6 Å². The van der Waals surface area contributed by atoms with Crippen LogP contribution in [0.1, 0.15) is 170 Å². The molecule has 4 aliphatic rings. The van der Waals surface area contributed by atoms with Crippen LogP contribution in [-0.4, -0.2) is 205 Å². The maximum Gasteiger partial charge on any atom is 0.328 e. The topological polar surface area (TPSA) is 347 Å². The second-order valence-corrected chi connectivity index (χ2v) is 36.7. The number of halogens is 1. The molecule has 5 heterocycles. The van der Waals surface area contributed by atoms with Crippen LogP contribution in [0.4, 0.5) is 5.82 Å². The lowest BCUT2D eigenvalue weighted by Crippen LogP contribution is -2.55. The summed E-state index contributed by atoms with van der Waals surface area (Å²) in [5.74, 6) is -2.71. The number of nitrogens with zero attached hydrogens (tertiary/aromatic N) is 5. The van der Waals surface area contributed by atoms with Gasteiger partial charge < -0.3 is 33.9 Å². The van der Waals surface area contributed by atoms with E-state index in [9.17, 15) is 63.0 Å². The average molecular weight is 1380 g/mol.